The van der Waals surface area contributed by atoms with Gasteiger partial charge in [0, 0.05) is 19.3 Å². The van der Waals surface area contributed by atoms with Gasteiger partial charge in [0.15, 0.2) is 0 Å². The molecular weight excluding hydrogens is 250 g/mol. The Morgan fingerprint density at radius 2 is 1.78 bits per heavy atom. The van der Waals surface area contributed by atoms with Crippen LogP contribution >= 0.6 is 0 Å². The summed E-state index contributed by atoms with van der Waals surface area (Å²) in [7, 11) is -1.82. The van der Waals surface area contributed by atoms with E-state index >= 15 is 0 Å². The maximum Gasteiger partial charge on any atom is 0.243 e. The minimum atomic E-state index is -3.42. The van der Waals surface area contributed by atoms with Crippen molar-refractivity contribution in [3.63, 3.8) is 0 Å². The lowest BCUT2D eigenvalue weighted by atomic mass is 10.1. The topological polar surface area (TPSA) is 75.4 Å². The lowest BCUT2D eigenvalue weighted by molar-refractivity contribution is 0.467. The fourth-order valence-corrected chi connectivity index (χ4v) is 3.70. The van der Waals surface area contributed by atoms with E-state index in [2.05, 4.69) is 5.43 Å². The number of aryl methyl sites for hydroxylation is 2. The van der Waals surface area contributed by atoms with E-state index in [1.165, 1.54) is 4.31 Å². The molecule has 0 aromatic heterocycles. The van der Waals surface area contributed by atoms with Crippen LogP contribution in [0.5, 0.6) is 0 Å². The van der Waals surface area contributed by atoms with Gasteiger partial charge in [-0.05, 0) is 43.5 Å². The highest BCUT2D eigenvalue weighted by Gasteiger charge is 2.24. The van der Waals surface area contributed by atoms with Crippen molar-refractivity contribution < 1.29 is 8.42 Å². The van der Waals surface area contributed by atoms with E-state index in [0.29, 0.717) is 28.3 Å². The van der Waals surface area contributed by atoms with Crippen molar-refractivity contribution in [2.75, 3.05) is 19.0 Å². The molecule has 0 radical (unpaired) electrons. The molecular formula is C12H21N3O2S. The first-order chi connectivity index (χ1) is 8.34. The van der Waals surface area contributed by atoms with Crippen LogP contribution in [0, 0.1) is 13.8 Å². The average molecular weight is 271 g/mol. The number of nitrogens with two attached hydrogens (primary N) is 1. The summed E-state index contributed by atoms with van der Waals surface area (Å²) in [6, 6.07) is 3.47. The van der Waals surface area contributed by atoms with Gasteiger partial charge in [0.1, 0.15) is 0 Å². The first kappa shape index (κ1) is 14.9. The number of hydrazine groups is 1. The molecule has 0 unspecified atom stereocenters. The second kappa shape index (κ2) is 5.69. The van der Waals surface area contributed by atoms with Crippen LogP contribution < -0.4 is 11.3 Å². The summed E-state index contributed by atoms with van der Waals surface area (Å²) >= 11 is 0. The van der Waals surface area contributed by atoms with Crippen LogP contribution in [0.15, 0.2) is 17.0 Å². The highest BCUT2D eigenvalue weighted by Crippen LogP contribution is 2.26. The number of sulfonamides is 1. The Labute approximate surface area is 109 Å². The molecule has 0 heterocycles. The molecule has 0 saturated heterocycles. The fraction of sp³-hybridized carbons (Fsp3) is 0.500. The summed E-state index contributed by atoms with van der Waals surface area (Å²) < 4.78 is 26.3. The molecule has 1 aromatic rings. The van der Waals surface area contributed by atoms with Gasteiger partial charge in [-0.15, -0.1) is 0 Å². The normalized spacial score (nSPS) is 11.9. The summed E-state index contributed by atoms with van der Waals surface area (Å²) in [5, 5.41) is 0. The molecule has 0 spiro atoms. The molecule has 0 fully saturated rings. The van der Waals surface area contributed by atoms with E-state index in [1.54, 1.807) is 33.0 Å². The first-order valence-corrected chi connectivity index (χ1v) is 7.32. The summed E-state index contributed by atoms with van der Waals surface area (Å²) in [6.45, 7) is 6.02. The van der Waals surface area contributed by atoms with Crippen molar-refractivity contribution in [1.29, 1.82) is 0 Å². The molecule has 0 atom stereocenters. The summed E-state index contributed by atoms with van der Waals surface area (Å²) in [5.74, 6) is 5.34. The Bertz CT molecular complexity index is 503. The number of hydrogen-bond acceptors (Lipinski definition) is 4. The van der Waals surface area contributed by atoms with Crippen LogP contribution in [-0.4, -0.2) is 26.3 Å². The van der Waals surface area contributed by atoms with Gasteiger partial charge in [-0.2, -0.15) is 0 Å². The molecule has 0 saturated carbocycles. The smallest absolute Gasteiger partial charge is 0.243 e. The van der Waals surface area contributed by atoms with Crippen LogP contribution in [0.2, 0.25) is 0 Å². The maximum absolute atomic E-state index is 12.4. The van der Waals surface area contributed by atoms with Gasteiger partial charge in [0.05, 0.1) is 4.90 Å². The zero-order valence-corrected chi connectivity index (χ0v) is 12.1. The van der Waals surface area contributed by atoms with Crippen molar-refractivity contribution in [3.05, 3.63) is 23.3 Å². The van der Waals surface area contributed by atoms with Crippen molar-refractivity contribution in [1.82, 2.24) is 4.31 Å². The minimum absolute atomic E-state index is 0.373. The molecule has 0 amide bonds. The number of nitrogen functional groups attached to an aromatic ring is 1. The third-order valence-electron chi connectivity index (χ3n) is 2.83. The van der Waals surface area contributed by atoms with Gasteiger partial charge in [0.2, 0.25) is 10.0 Å². The fourth-order valence-electron chi connectivity index (χ4n) is 2.03. The van der Waals surface area contributed by atoms with Gasteiger partial charge in [-0.3, -0.25) is 5.84 Å². The molecule has 0 aliphatic carbocycles. The Balaban J connectivity index is 3.33. The second-order valence-corrected chi connectivity index (χ2v) is 6.39. The monoisotopic (exact) mass is 271 g/mol. The molecule has 1 aromatic carbocycles. The van der Waals surface area contributed by atoms with Gasteiger partial charge in [0.25, 0.3) is 0 Å². The number of benzene rings is 1. The van der Waals surface area contributed by atoms with Gasteiger partial charge >= 0.3 is 0 Å². The minimum Gasteiger partial charge on any atom is -0.324 e. The van der Waals surface area contributed by atoms with Gasteiger partial charge in [-0.1, -0.05) is 6.92 Å². The Hall–Kier alpha value is -1.11. The van der Waals surface area contributed by atoms with E-state index in [1.807, 2.05) is 6.92 Å². The van der Waals surface area contributed by atoms with E-state index < -0.39 is 10.0 Å². The molecule has 3 N–H and O–H groups in total. The van der Waals surface area contributed by atoms with Crippen molar-refractivity contribution in [3.8, 4) is 0 Å². The second-order valence-electron chi connectivity index (χ2n) is 4.41. The molecule has 0 bridgehead atoms. The summed E-state index contributed by atoms with van der Waals surface area (Å²) in [6.07, 6.45) is 0.788. The van der Waals surface area contributed by atoms with Gasteiger partial charge in [-0.25, -0.2) is 12.7 Å². The zero-order chi connectivity index (χ0) is 13.9. The molecule has 18 heavy (non-hydrogen) atoms. The highest BCUT2D eigenvalue weighted by molar-refractivity contribution is 7.89. The molecule has 0 aliphatic heterocycles. The molecule has 6 heteroatoms. The third kappa shape index (κ3) is 2.82. The van der Waals surface area contributed by atoms with Crippen LogP contribution in [-0.2, 0) is 10.0 Å². The number of rotatable bonds is 5. The summed E-state index contributed by atoms with van der Waals surface area (Å²) in [4.78, 5) is 0.373. The largest absolute Gasteiger partial charge is 0.324 e. The molecule has 1 rings (SSSR count). The van der Waals surface area contributed by atoms with E-state index in [9.17, 15) is 8.42 Å². The third-order valence-corrected chi connectivity index (χ3v) is 5.00. The van der Waals surface area contributed by atoms with Crippen LogP contribution in [0.3, 0.4) is 0 Å². The predicted molar refractivity (Wildman–Crippen MR) is 73.8 cm³/mol. The number of anilines is 1. The number of nitrogens with zero attached hydrogens (tertiary/aromatic N) is 1. The quantitative estimate of drug-likeness (QED) is 0.630. The van der Waals surface area contributed by atoms with Crippen LogP contribution in [0.1, 0.15) is 24.5 Å². The van der Waals surface area contributed by atoms with Crippen LogP contribution in [0.4, 0.5) is 5.69 Å². The molecule has 5 nitrogen and oxygen atoms in total. The standard InChI is InChI=1S/C12H21N3O2S/c1-5-6-15(4)18(16,17)12-9(2)7-11(14-13)8-10(12)3/h7-8,14H,5-6,13H2,1-4H3. The first-order valence-electron chi connectivity index (χ1n) is 5.88. The lowest BCUT2D eigenvalue weighted by Gasteiger charge is -2.20. The zero-order valence-electron chi connectivity index (χ0n) is 11.3. The average Bonchev–Trinajstić information content (AvgIpc) is 2.27. The van der Waals surface area contributed by atoms with Crippen molar-refractivity contribution >= 4 is 15.7 Å². The van der Waals surface area contributed by atoms with Crippen molar-refractivity contribution in [2.45, 2.75) is 32.1 Å². The number of nitrogens with one attached hydrogen (secondary N) is 1. The number of hydrogen-bond donors (Lipinski definition) is 2. The Kier molecular flexibility index (Phi) is 4.72. The maximum atomic E-state index is 12.4. The van der Waals surface area contributed by atoms with Crippen LogP contribution in [0.25, 0.3) is 0 Å². The van der Waals surface area contributed by atoms with E-state index in [0.717, 1.165) is 6.42 Å². The SMILES string of the molecule is CCCN(C)S(=O)(=O)c1c(C)cc(NN)cc1C. The summed E-state index contributed by atoms with van der Waals surface area (Å²) in [5.41, 5.74) is 4.64. The van der Waals surface area contributed by atoms with Crippen molar-refractivity contribution in [2.24, 2.45) is 5.84 Å². The Morgan fingerprint density at radius 3 is 2.17 bits per heavy atom. The van der Waals surface area contributed by atoms with E-state index in [-0.39, 0.29) is 0 Å². The lowest BCUT2D eigenvalue weighted by Crippen LogP contribution is -2.29. The molecule has 102 valence electrons. The predicted octanol–water partition coefficient (Wildman–Crippen LogP) is 1.62. The highest BCUT2D eigenvalue weighted by atomic mass is 32.2. The van der Waals surface area contributed by atoms with Gasteiger partial charge < -0.3 is 5.43 Å². The molecule has 0 aliphatic rings. The van der Waals surface area contributed by atoms with E-state index in [4.69, 9.17) is 5.84 Å². The Morgan fingerprint density at radius 1 is 1.28 bits per heavy atom.